The molecule has 6 rings (SSSR count). The van der Waals surface area contributed by atoms with Crippen LogP contribution >= 0.6 is 23.5 Å². The minimum atomic E-state index is -0.991. The molecule has 6 heteroatoms. The standard InChI is InChI=1S/C43H53NO3S2/c1-7-9-10-11-12-13-14-15-21-44-36-18-16-17-28-22-30(47-6)25-33(40(28)36)37(44)27-35-41(45)34(42(35)46)23-29-24-39(43(3,4)5)49-38-20-19-31(48-8-2)26-32(29)38/h16-20,22-27,34-35,41-42H,7-15,21H2,1-6H3/q-2/b29-23+,37-27-. The summed E-state index contributed by atoms with van der Waals surface area (Å²) in [5.74, 6) is 0.642. The van der Waals surface area contributed by atoms with Crippen molar-refractivity contribution in [3.63, 3.8) is 0 Å². The number of nitrogens with zero attached hydrogens (tertiary/aromatic N) is 1. The van der Waals surface area contributed by atoms with E-state index in [1.807, 2.05) is 35.7 Å². The number of hydrogen-bond acceptors (Lipinski definition) is 5. The second-order valence-corrected chi connectivity index (χ2v) is 17.3. The Balaban J connectivity index is 1.33. The van der Waals surface area contributed by atoms with E-state index in [0.29, 0.717) is 0 Å². The van der Waals surface area contributed by atoms with Gasteiger partial charge in [-0.15, -0.1) is 24.0 Å². The minimum Gasteiger partial charge on any atom is -0.851 e. The zero-order valence-corrected chi connectivity index (χ0v) is 31.9. The molecule has 4 nitrogen and oxygen atoms in total. The molecule has 3 aromatic carbocycles. The van der Waals surface area contributed by atoms with Crippen molar-refractivity contribution in [1.29, 1.82) is 0 Å². The molecule has 0 bridgehead atoms. The lowest BCUT2D eigenvalue weighted by atomic mass is 9.67. The van der Waals surface area contributed by atoms with E-state index in [1.165, 1.54) is 70.5 Å². The quantitative estimate of drug-likeness (QED) is 0.0972. The van der Waals surface area contributed by atoms with Gasteiger partial charge < -0.3 is 19.5 Å². The third-order valence-electron chi connectivity index (χ3n) is 10.3. The monoisotopic (exact) mass is 695 g/mol. The summed E-state index contributed by atoms with van der Waals surface area (Å²) >= 11 is 3.63. The number of rotatable bonds is 14. The van der Waals surface area contributed by atoms with E-state index >= 15 is 0 Å². The van der Waals surface area contributed by atoms with Crippen molar-refractivity contribution in [2.45, 2.75) is 115 Å². The van der Waals surface area contributed by atoms with E-state index < -0.39 is 24.0 Å². The van der Waals surface area contributed by atoms with Crippen LogP contribution in [0.25, 0.3) is 33.3 Å². The molecule has 1 aliphatic heterocycles. The largest absolute Gasteiger partial charge is 0.851 e. The Morgan fingerprint density at radius 2 is 1.59 bits per heavy atom. The van der Waals surface area contributed by atoms with Crippen LogP contribution in [0, 0.1) is 17.3 Å². The van der Waals surface area contributed by atoms with Crippen LogP contribution in [0.4, 0.5) is 0 Å². The Morgan fingerprint density at radius 3 is 2.29 bits per heavy atom. The number of aromatic nitrogens is 1. The molecule has 1 saturated carbocycles. The predicted molar refractivity (Wildman–Crippen MR) is 207 cm³/mol. The number of aryl methyl sites for hydroxylation is 1. The summed E-state index contributed by atoms with van der Waals surface area (Å²) in [6.45, 7) is 12.0. The van der Waals surface area contributed by atoms with Crippen molar-refractivity contribution in [1.82, 2.24) is 4.57 Å². The van der Waals surface area contributed by atoms with Gasteiger partial charge in [-0.1, -0.05) is 116 Å². The lowest BCUT2D eigenvalue weighted by Gasteiger charge is -2.59. The Bertz CT molecular complexity index is 1870. The second kappa shape index (κ2) is 15.7. The van der Waals surface area contributed by atoms with Crippen LogP contribution in [0.5, 0.6) is 5.75 Å². The molecule has 1 aromatic heterocycles. The first-order chi connectivity index (χ1) is 23.6. The van der Waals surface area contributed by atoms with Crippen molar-refractivity contribution in [2.75, 3.05) is 12.9 Å². The molecule has 1 fully saturated rings. The molecule has 2 atom stereocenters. The van der Waals surface area contributed by atoms with E-state index in [4.69, 9.17) is 4.74 Å². The van der Waals surface area contributed by atoms with Gasteiger partial charge in [-0.3, -0.25) is 0 Å². The zero-order chi connectivity index (χ0) is 34.7. The molecule has 0 N–H and O–H groups in total. The van der Waals surface area contributed by atoms with Crippen LogP contribution in [0.3, 0.4) is 0 Å². The second-order valence-electron chi connectivity index (χ2n) is 14.9. The number of methoxy groups -OCH3 is 1. The first kappa shape index (κ1) is 36.2. The molecule has 1 aliphatic carbocycles. The highest BCUT2D eigenvalue weighted by Crippen LogP contribution is 2.49. The summed E-state index contributed by atoms with van der Waals surface area (Å²) in [5, 5.41) is 32.5. The van der Waals surface area contributed by atoms with E-state index in [1.54, 1.807) is 7.11 Å². The van der Waals surface area contributed by atoms with Crippen LogP contribution < -0.4 is 20.3 Å². The molecule has 2 aliphatic rings. The highest BCUT2D eigenvalue weighted by molar-refractivity contribution is 8.03. The average molecular weight is 696 g/mol. The zero-order valence-electron chi connectivity index (χ0n) is 30.2. The third-order valence-corrected chi connectivity index (χ3v) is 12.7. The topological polar surface area (TPSA) is 60.3 Å². The molecular weight excluding hydrogens is 643 g/mol. The van der Waals surface area contributed by atoms with Crippen LogP contribution in [-0.2, 0) is 6.54 Å². The summed E-state index contributed by atoms with van der Waals surface area (Å²) in [6.07, 6.45) is 14.3. The third kappa shape index (κ3) is 7.68. The lowest BCUT2D eigenvalue weighted by molar-refractivity contribution is -0.547. The van der Waals surface area contributed by atoms with Crippen molar-refractivity contribution in [3.05, 3.63) is 76.5 Å². The van der Waals surface area contributed by atoms with Gasteiger partial charge in [0.15, 0.2) is 0 Å². The van der Waals surface area contributed by atoms with Gasteiger partial charge in [-0.25, -0.2) is 0 Å². The predicted octanol–water partition coefficient (Wildman–Crippen LogP) is 9.38. The van der Waals surface area contributed by atoms with Gasteiger partial charge in [-0.2, -0.15) is 0 Å². The molecule has 4 aromatic rings. The van der Waals surface area contributed by atoms with Gasteiger partial charge in [0, 0.05) is 38.0 Å². The fraction of sp³-hybridized carbons (Fsp3) is 0.488. The molecule has 262 valence electrons. The van der Waals surface area contributed by atoms with E-state index in [2.05, 4.69) is 93.8 Å². The fourth-order valence-electron chi connectivity index (χ4n) is 7.49. The highest BCUT2D eigenvalue weighted by atomic mass is 32.2. The SMILES string of the molecule is CCCCCCCCCCn1/c(=C\C2C([O-])C(/C=C3\C=C(C(C)(C)C)Sc4ccc(SCC)cc43)C2[O-])c2cc(OC)cc3cccc1c32. The van der Waals surface area contributed by atoms with Crippen LogP contribution in [-0.4, -0.2) is 29.6 Å². The van der Waals surface area contributed by atoms with Gasteiger partial charge in [0.2, 0.25) is 0 Å². The van der Waals surface area contributed by atoms with Crippen LogP contribution in [0.1, 0.15) is 91.5 Å². The summed E-state index contributed by atoms with van der Waals surface area (Å²) in [6, 6.07) is 17.2. The number of hydrogen-bond donors (Lipinski definition) is 0. The lowest BCUT2D eigenvalue weighted by Crippen LogP contribution is -2.65. The Labute approximate surface area is 302 Å². The van der Waals surface area contributed by atoms with E-state index in [9.17, 15) is 10.2 Å². The average Bonchev–Trinajstić information content (AvgIpc) is 3.39. The minimum absolute atomic E-state index is 0.0311. The van der Waals surface area contributed by atoms with Crippen molar-refractivity contribution in [2.24, 2.45) is 17.3 Å². The van der Waals surface area contributed by atoms with Crippen LogP contribution in [0.2, 0.25) is 0 Å². The summed E-state index contributed by atoms with van der Waals surface area (Å²) in [5.41, 5.74) is 3.30. The van der Waals surface area contributed by atoms with Gasteiger partial charge in [-0.05, 0) is 93.3 Å². The molecule has 2 heterocycles. The number of fused-ring (bicyclic) bond motifs is 1. The smallest absolute Gasteiger partial charge is 0.120 e. The van der Waals surface area contributed by atoms with Gasteiger partial charge in [0.25, 0.3) is 0 Å². The van der Waals surface area contributed by atoms with E-state index in [-0.39, 0.29) is 5.41 Å². The molecule has 49 heavy (non-hydrogen) atoms. The maximum absolute atomic E-state index is 14.1. The van der Waals surface area contributed by atoms with Crippen molar-refractivity contribution in [3.8, 4) is 5.75 Å². The number of thioether (sulfide) groups is 2. The van der Waals surface area contributed by atoms with Gasteiger partial charge in [0.1, 0.15) is 5.75 Å². The molecule has 0 radical (unpaired) electrons. The van der Waals surface area contributed by atoms with Crippen LogP contribution in [0.15, 0.2) is 75.4 Å². The first-order valence-electron chi connectivity index (χ1n) is 18.5. The Hall–Kier alpha value is -2.64. The van der Waals surface area contributed by atoms with E-state index in [0.717, 1.165) is 51.7 Å². The van der Waals surface area contributed by atoms with Gasteiger partial charge in [0.05, 0.1) is 7.11 Å². The highest BCUT2D eigenvalue weighted by Gasteiger charge is 2.35. The fourth-order valence-corrected chi connectivity index (χ4v) is 9.34. The number of benzene rings is 3. The summed E-state index contributed by atoms with van der Waals surface area (Å²) in [7, 11) is 1.70. The summed E-state index contributed by atoms with van der Waals surface area (Å²) in [4.78, 5) is 3.67. The molecule has 0 amide bonds. The molecule has 0 spiro atoms. The van der Waals surface area contributed by atoms with Crippen molar-refractivity contribution >= 4 is 56.8 Å². The number of unbranched alkanes of at least 4 members (excludes halogenated alkanes) is 7. The molecule has 2 unspecified atom stereocenters. The van der Waals surface area contributed by atoms with Gasteiger partial charge >= 0.3 is 0 Å². The normalized spacial score (nSPS) is 22.2. The maximum Gasteiger partial charge on any atom is 0.120 e. The Morgan fingerprint density at radius 1 is 0.878 bits per heavy atom. The molecular formula is C43H53NO3S2-2. The first-order valence-corrected chi connectivity index (χ1v) is 20.3. The number of ether oxygens (including phenoxy) is 1. The summed E-state index contributed by atoms with van der Waals surface area (Å²) < 4.78 is 8.09. The maximum atomic E-state index is 14.1. The molecule has 0 saturated heterocycles. The van der Waals surface area contributed by atoms with Crippen molar-refractivity contribution < 1.29 is 14.9 Å². The number of allylic oxidation sites excluding steroid dienone is 3. The Kier molecular flexibility index (Phi) is 11.6.